The molecule has 2 N–H and O–H groups in total. The van der Waals surface area contributed by atoms with E-state index in [0.717, 1.165) is 18.2 Å². The molecule has 0 fully saturated rings. The number of methoxy groups -OCH3 is 1. The van der Waals surface area contributed by atoms with Gasteiger partial charge in [-0.2, -0.15) is 4.72 Å². The molecular weight excluding hydrogens is 280 g/mol. The second-order valence-corrected chi connectivity index (χ2v) is 5.05. The quantitative estimate of drug-likeness (QED) is 0.554. The Balaban J connectivity index is 3.26. The molecule has 0 spiro atoms. The number of nitro groups is 1. The maximum atomic E-state index is 11.8. The summed E-state index contributed by atoms with van der Waals surface area (Å²) in [4.78, 5) is 19.7. The van der Waals surface area contributed by atoms with E-state index in [4.69, 9.17) is 9.84 Å². The molecule has 1 aromatic rings. The Morgan fingerprint density at radius 1 is 1.53 bits per heavy atom. The Morgan fingerprint density at radius 2 is 2.16 bits per heavy atom. The molecule has 0 aliphatic heterocycles. The molecule has 0 saturated heterocycles. The van der Waals surface area contributed by atoms with Crippen molar-refractivity contribution in [3.05, 3.63) is 28.3 Å². The number of hydrogen-bond acceptors (Lipinski definition) is 6. The van der Waals surface area contributed by atoms with Crippen molar-refractivity contribution >= 4 is 21.7 Å². The highest BCUT2D eigenvalue weighted by Gasteiger charge is 2.23. The summed E-state index contributed by atoms with van der Waals surface area (Å²) in [5.41, 5.74) is -0.448. The molecule has 10 heteroatoms. The van der Waals surface area contributed by atoms with Gasteiger partial charge in [0, 0.05) is 12.1 Å². The van der Waals surface area contributed by atoms with Crippen LogP contribution in [0.4, 0.5) is 5.69 Å². The average molecular weight is 290 g/mol. The first-order valence-corrected chi connectivity index (χ1v) is 6.30. The van der Waals surface area contributed by atoms with Gasteiger partial charge in [-0.15, -0.1) is 0 Å². The lowest BCUT2D eigenvalue weighted by molar-refractivity contribution is -0.385. The zero-order valence-electron chi connectivity index (χ0n) is 9.69. The summed E-state index contributed by atoms with van der Waals surface area (Å²) in [7, 11) is -3.02. The van der Waals surface area contributed by atoms with Crippen molar-refractivity contribution in [3.8, 4) is 5.75 Å². The van der Waals surface area contributed by atoms with Crippen molar-refractivity contribution in [3.63, 3.8) is 0 Å². The lowest BCUT2D eigenvalue weighted by Crippen LogP contribution is -2.29. The smallest absolute Gasteiger partial charge is 0.318 e. The summed E-state index contributed by atoms with van der Waals surface area (Å²) in [6.07, 6.45) is 0. The predicted molar refractivity (Wildman–Crippen MR) is 62.5 cm³/mol. The standard InChI is InChI=1S/C9H10N2O7S/c1-18-7-3-2-6(11(14)15)4-8(7)19(16,17)10-5-9(12)13/h2-4,10H,5H2,1H3,(H,12,13). The van der Waals surface area contributed by atoms with Crippen LogP contribution >= 0.6 is 0 Å². The fraction of sp³-hybridized carbons (Fsp3) is 0.222. The number of carboxylic acids is 1. The van der Waals surface area contributed by atoms with Gasteiger partial charge < -0.3 is 9.84 Å². The normalized spacial score (nSPS) is 11.0. The molecule has 19 heavy (non-hydrogen) atoms. The first-order valence-electron chi connectivity index (χ1n) is 4.82. The minimum Gasteiger partial charge on any atom is -0.495 e. The third-order valence-corrected chi connectivity index (χ3v) is 3.48. The van der Waals surface area contributed by atoms with E-state index in [1.807, 2.05) is 0 Å². The number of benzene rings is 1. The van der Waals surface area contributed by atoms with Crippen LogP contribution in [-0.4, -0.2) is 38.1 Å². The molecule has 0 aliphatic carbocycles. The Hall–Kier alpha value is -2.20. The summed E-state index contributed by atoms with van der Waals surface area (Å²) < 4.78 is 30.2. The Kier molecular flexibility index (Phi) is 4.40. The van der Waals surface area contributed by atoms with Gasteiger partial charge in [0.15, 0.2) is 0 Å². The maximum absolute atomic E-state index is 11.8. The number of aliphatic carboxylic acids is 1. The van der Waals surface area contributed by atoms with Crippen molar-refractivity contribution < 1.29 is 28.0 Å². The SMILES string of the molecule is COc1ccc([N+](=O)[O-])cc1S(=O)(=O)NCC(=O)O. The second-order valence-electron chi connectivity index (χ2n) is 3.31. The van der Waals surface area contributed by atoms with Crippen molar-refractivity contribution in [1.29, 1.82) is 0 Å². The van der Waals surface area contributed by atoms with Crippen LogP contribution in [0.15, 0.2) is 23.1 Å². The number of nitrogens with one attached hydrogen (secondary N) is 1. The van der Waals surface area contributed by atoms with Crippen LogP contribution in [0.25, 0.3) is 0 Å². The number of nitro benzene ring substituents is 1. The number of non-ortho nitro benzene ring substituents is 1. The van der Waals surface area contributed by atoms with E-state index in [0.29, 0.717) is 0 Å². The first kappa shape index (κ1) is 14.9. The molecule has 1 rings (SSSR count). The molecule has 0 amide bonds. The predicted octanol–water partition coefficient (Wildman–Crippen LogP) is -0.0337. The van der Waals surface area contributed by atoms with Crippen LogP contribution in [0.5, 0.6) is 5.75 Å². The zero-order chi connectivity index (χ0) is 14.6. The largest absolute Gasteiger partial charge is 0.495 e. The van der Waals surface area contributed by atoms with Crippen LogP contribution < -0.4 is 9.46 Å². The van der Waals surface area contributed by atoms with Crippen molar-refractivity contribution in [2.45, 2.75) is 4.90 Å². The fourth-order valence-electron chi connectivity index (χ4n) is 1.22. The highest BCUT2D eigenvalue weighted by molar-refractivity contribution is 7.89. The number of carboxylic acid groups (broad SMARTS) is 1. The Labute approximate surface area is 108 Å². The summed E-state index contributed by atoms with van der Waals surface area (Å²) >= 11 is 0. The molecule has 0 atom stereocenters. The van der Waals surface area contributed by atoms with E-state index < -0.39 is 38.0 Å². The molecule has 0 unspecified atom stereocenters. The van der Waals surface area contributed by atoms with Crippen molar-refractivity contribution in [2.75, 3.05) is 13.7 Å². The van der Waals surface area contributed by atoms with Gasteiger partial charge in [0.1, 0.15) is 17.2 Å². The van der Waals surface area contributed by atoms with Gasteiger partial charge in [-0.25, -0.2) is 8.42 Å². The second kappa shape index (κ2) is 5.63. The molecule has 0 saturated carbocycles. The number of nitrogens with zero attached hydrogens (tertiary/aromatic N) is 1. The molecule has 104 valence electrons. The van der Waals surface area contributed by atoms with Crippen LogP contribution in [0.3, 0.4) is 0 Å². The first-order chi connectivity index (χ1) is 8.77. The van der Waals surface area contributed by atoms with Gasteiger partial charge in [0.05, 0.1) is 12.0 Å². The van der Waals surface area contributed by atoms with Gasteiger partial charge in [-0.05, 0) is 6.07 Å². The fourth-order valence-corrected chi connectivity index (χ4v) is 2.38. The van der Waals surface area contributed by atoms with Gasteiger partial charge in [-0.3, -0.25) is 14.9 Å². The molecular formula is C9H10N2O7S. The van der Waals surface area contributed by atoms with E-state index in [1.54, 1.807) is 4.72 Å². The molecule has 0 bridgehead atoms. The molecule has 1 aromatic carbocycles. The topological polar surface area (TPSA) is 136 Å². The van der Waals surface area contributed by atoms with E-state index in [1.165, 1.54) is 7.11 Å². The van der Waals surface area contributed by atoms with Crippen molar-refractivity contribution in [1.82, 2.24) is 4.72 Å². The van der Waals surface area contributed by atoms with E-state index in [2.05, 4.69) is 0 Å². The minimum absolute atomic E-state index is 0.122. The number of sulfonamides is 1. The van der Waals surface area contributed by atoms with Crippen LogP contribution in [0.2, 0.25) is 0 Å². The Bertz CT molecular complexity index is 611. The lowest BCUT2D eigenvalue weighted by atomic mass is 10.3. The molecule has 0 heterocycles. The lowest BCUT2D eigenvalue weighted by Gasteiger charge is -2.09. The molecule has 9 nitrogen and oxygen atoms in total. The van der Waals surface area contributed by atoms with Gasteiger partial charge in [-0.1, -0.05) is 0 Å². The van der Waals surface area contributed by atoms with Gasteiger partial charge >= 0.3 is 5.97 Å². The number of hydrogen-bond donors (Lipinski definition) is 2. The van der Waals surface area contributed by atoms with E-state index >= 15 is 0 Å². The molecule has 0 aliphatic rings. The van der Waals surface area contributed by atoms with Gasteiger partial charge in [0.25, 0.3) is 5.69 Å². The maximum Gasteiger partial charge on any atom is 0.318 e. The third kappa shape index (κ3) is 3.63. The highest BCUT2D eigenvalue weighted by atomic mass is 32.2. The number of carbonyl (C=O) groups is 1. The van der Waals surface area contributed by atoms with Crippen LogP contribution in [0, 0.1) is 10.1 Å². The Morgan fingerprint density at radius 3 is 2.63 bits per heavy atom. The van der Waals surface area contributed by atoms with E-state index in [9.17, 15) is 23.3 Å². The summed E-state index contributed by atoms with van der Waals surface area (Å²) in [5.74, 6) is -1.50. The van der Waals surface area contributed by atoms with Crippen LogP contribution in [-0.2, 0) is 14.8 Å². The average Bonchev–Trinajstić information content (AvgIpc) is 2.35. The highest BCUT2D eigenvalue weighted by Crippen LogP contribution is 2.27. The van der Waals surface area contributed by atoms with Crippen LogP contribution in [0.1, 0.15) is 0 Å². The number of ether oxygens (including phenoxy) is 1. The zero-order valence-corrected chi connectivity index (χ0v) is 10.5. The molecule has 0 radical (unpaired) electrons. The van der Waals surface area contributed by atoms with Gasteiger partial charge in [0.2, 0.25) is 10.0 Å². The summed E-state index contributed by atoms with van der Waals surface area (Å²) in [5, 5.41) is 19.0. The summed E-state index contributed by atoms with van der Waals surface area (Å²) in [6, 6.07) is 2.99. The molecule has 0 aromatic heterocycles. The third-order valence-electron chi connectivity index (χ3n) is 2.06. The minimum atomic E-state index is -4.21. The number of rotatable bonds is 6. The van der Waals surface area contributed by atoms with Crippen molar-refractivity contribution in [2.24, 2.45) is 0 Å². The van der Waals surface area contributed by atoms with E-state index in [-0.39, 0.29) is 5.75 Å². The monoisotopic (exact) mass is 290 g/mol. The summed E-state index contributed by atoms with van der Waals surface area (Å²) in [6.45, 7) is -0.839.